The summed E-state index contributed by atoms with van der Waals surface area (Å²) in [4.78, 5) is 19.9. The molecule has 0 saturated carbocycles. The topological polar surface area (TPSA) is 112 Å². The second-order valence-electron chi connectivity index (χ2n) is 2.11. The Hall–Kier alpha value is -1.95. The third-order valence-corrected chi connectivity index (χ3v) is 1.33. The highest BCUT2D eigenvalue weighted by Gasteiger charge is 2.06. The summed E-state index contributed by atoms with van der Waals surface area (Å²) in [7, 11) is 0. The minimum absolute atomic E-state index is 0. The number of rotatable bonds is 2. The summed E-state index contributed by atoms with van der Waals surface area (Å²) in [5.74, 6) is -1.09. The van der Waals surface area contributed by atoms with E-state index in [-0.39, 0.29) is 16.7 Å². The minimum atomic E-state index is -1.09. The van der Waals surface area contributed by atoms with Crippen molar-refractivity contribution in [3.8, 4) is 0 Å². The van der Waals surface area contributed by atoms with Gasteiger partial charge in [-0.05, 0) is 12.1 Å². The molecular weight excluding hydrogens is 178 g/mol. The van der Waals surface area contributed by atoms with Crippen molar-refractivity contribution in [1.29, 1.82) is 0 Å². The van der Waals surface area contributed by atoms with Crippen LogP contribution >= 0.6 is 0 Å². The molecule has 6 nitrogen and oxygen atoms in total. The summed E-state index contributed by atoms with van der Waals surface area (Å²) in [6, 6.07) is 4.70. The second-order valence-corrected chi connectivity index (χ2v) is 2.11. The molecule has 1 rings (SSSR count). The van der Waals surface area contributed by atoms with E-state index in [0.717, 1.165) is 12.1 Å². The molecule has 1 aromatic carbocycles. The largest absolute Gasteiger partial charge is 0.478 e. The van der Waals surface area contributed by atoms with Crippen LogP contribution in [0, 0.1) is 10.1 Å². The van der Waals surface area contributed by atoms with Gasteiger partial charge in [-0.25, -0.2) is 4.79 Å². The lowest BCUT2D eigenvalue weighted by Crippen LogP contribution is -1.96. The number of nitro benzene ring substituents is 1. The Bertz CT molecular complexity index is 285. The number of carboxylic acid groups (broad SMARTS) is 1. The molecule has 0 saturated heterocycles. The number of nitro groups is 1. The van der Waals surface area contributed by atoms with Crippen molar-refractivity contribution in [2.24, 2.45) is 0 Å². The lowest BCUT2D eigenvalue weighted by molar-refractivity contribution is -0.384. The van der Waals surface area contributed by atoms with Crippen molar-refractivity contribution in [2.45, 2.75) is 0 Å². The molecule has 0 amide bonds. The Kier molecular flexibility index (Phi) is 3.54. The van der Waals surface area contributed by atoms with Gasteiger partial charge in [0.2, 0.25) is 0 Å². The van der Waals surface area contributed by atoms with Gasteiger partial charge in [0.05, 0.1) is 10.5 Å². The van der Waals surface area contributed by atoms with Crippen LogP contribution in [0.4, 0.5) is 5.69 Å². The zero-order valence-corrected chi connectivity index (χ0v) is 6.43. The first-order chi connectivity index (χ1) is 5.61. The molecule has 0 atom stereocenters. The van der Waals surface area contributed by atoms with Crippen molar-refractivity contribution < 1.29 is 20.3 Å². The Morgan fingerprint density at radius 3 is 2.08 bits per heavy atom. The van der Waals surface area contributed by atoms with Gasteiger partial charge in [0.25, 0.3) is 5.69 Å². The molecule has 0 aliphatic heterocycles. The van der Waals surface area contributed by atoms with Crippen LogP contribution in [0.3, 0.4) is 0 Å². The van der Waals surface area contributed by atoms with Crippen LogP contribution in [0.5, 0.6) is 0 Å². The molecule has 6 heteroatoms. The van der Waals surface area contributed by atoms with E-state index in [1.54, 1.807) is 0 Å². The maximum Gasteiger partial charge on any atom is 0.335 e. The van der Waals surface area contributed by atoms with Crippen LogP contribution in [0.2, 0.25) is 0 Å². The van der Waals surface area contributed by atoms with Gasteiger partial charge in [0.1, 0.15) is 0 Å². The summed E-state index contributed by atoms with van der Waals surface area (Å²) in [6.45, 7) is 0. The molecule has 13 heavy (non-hydrogen) atoms. The van der Waals surface area contributed by atoms with Gasteiger partial charge >= 0.3 is 5.97 Å². The molecule has 0 spiro atoms. The molecule has 0 aromatic heterocycles. The fraction of sp³-hybridized carbons (Fsp3) is 0. The average molecular weight is 185 g/mol. The van der Waals surface area contributed by atoms with E-state index in [1.807, 2.05) is 0 Å². The van der Waals surface area contributed by atoms with Crippen molar-refractivity contribution in [1.82, 2.24) is 0 Å². The number of non-ortho nitro benzene ring substituents is 1. The fourth-order valence-corrected chi connectivity index (χ4v) is 0.726. The summed E-state index contributed by atoms with van der Waals surface area (Å²) in [5.41, 5.74) is -0.0689. The van der Waals surface area contributed by atoms with Gasteiger partial charge < -0.3 is 10.6 Å². The number of aromatic carboxylic acids is 1. The second kappa shape index (κ2) is 4.17. The Balaban J connectivity index is 0.00000144. The molecular formula is C7H7NO5. The third kappa shape index (κ3) is 2.53. The highest BCUT2D eigenvalue weighted by Crippen LogP contribution is 2.11. The lowest BCUT2D eigenvalue weighted by atomic mass is 10.2. The van der Waals surface area contributed by atoms with E-state index >= 15 is 0 Å². The maximum absolute atomic E-state index is 10.3. The maximum atomic E-state index is 10.3. The molecule has 0 aliphatic rings. The van der Waals surface area contributed by atoms with Crippen LogP contribution in [-0.4, -0.2) is 21.5 Å². The fourth-order valence-electron chi connectivity index (χ4n) is 0.726. The molecule has 0 fully saturated rings. The van der Waals surface area contributed by atoms with Crippen molar-refractivity contribution in [2.75, 3.05) is 0 Å². The van der Waals surface area contributed by atoms with Crippen LogP contribution in [0.25, 0.3) is 0 Å². The van der Waals surface area contributed by atoms with E-state index in [1.165, 1.54) is 12.1 Å². The zero-order chi connectivity index (χ0) is 9.14. The molecule has 70 valence electrons. The van der Waals surface area contributed by atoms with Crippen LogP contribution in [0.1, 0.15) is 10.4 Å². The summed E-state index contributed by atoms with van der Waals surface area (Å²) < 4.78 is 0. The van der Waals surface area contributed by atoms with Crippen molar-refractivity contribution in [3.63, 3.8) is 0 Å². The van der Waals surface area contributed by atoms with E-state index in [2.05, 4.69) is 0 Å². The quantitative estimate of drug-likeness (QED) is 0.532. The van der Waals surface area contributed by atoms with Gasteiger partial charge in [-0.15, -0.1) is 0 Å². The summed E-state index contributed by atoms with van der Waals surface area (Å²) >= 11 is 0. The number of carbonyl (C=O) groups is 1. The molecule has 0 aliphatic carbocycles. The van der Waals surface area contributed by atoms with E-state index < -0.39 is 10.9 Å². The monoisotopic (exact) mass is 185 g/mol. The first kappa shape index (κ1) is 11.1. The Morgan fingerprint density at radius 1 is 1.31 bits per heavy atom. The first-order valence-corrected chi connectivity index (χ1v) is 3.09. The molecule has 3 N–H and O–H groups in total. The highest BCUT2D eigenvalue weighted by molar-refractivity contribution is 5.87. The van der Waals surface area contributed by atoms with Crippen molar-refractivity contribution >= 4 is 11.7 Å². The van der Waals surface area contributed by atoms with Crippen LogP contribution in [-0.2, 0) is 0 Å². The van der Waals surface area contributed by atoms with Gasteiger partial charge in [0.15, 0.2) is 0 Å². The number of carboxylic acids is 1. The van der Waals surface area contributed by atoms with Gasteiger partial charge in [-0.2, -0.15) is 0 Å². The smallest absolute Gasteiger partial charge is 0.335 e. The van der Waals surface area contributed by atoms with E-state index in [9.17, 15) is 14.9 Å². The lowest BCUT2D eigenvalue weighted by Gasteiger charge is -1.92. The predicted molar refractivity (Wildman–Crippen MR) is 43.7 cm³/mol. The highest BCUT2D eigenvalue weighted by atomic mass is 16.6. The Morgan fingerprint density at radius 2 is 1.77 bits per heavy atom. The number of nitrogens with zero attached hydrogens (tertiary/aromatic N) is 1. The van der Waals surface area contributed by atoms with Gasteiger partial charge in [-0.1, -0.05) is 0 Å². The number of hydrogen-bond acceptors (Lipinski definition) is 3. The Labute approximate surface area is 72.9 Å². The molecule has 0 unspecified atom stereocenters. The average Bonchev–Trinajstić information content (AvgIpc) is 2.04. The standard InChI is InChI=1S/C7H5NO4.H2O/c9-7(10)5-1-3-6(4-2-5)8(11)12;/h1-4H,(H,9,10);1H2. The summed E-state index contributed by atoms with van der Waals surface area (Å²) in [5, 5.41) is 18.6. The zero-order valence-electron chi connectivity index (χ0n) is 6.43. The predicted octanol–water partition coefficient (Wildman–Crippen LogP) is 0.468. The molecule has 0 heterocycles. The number of hydrogen-bond donors (Lipinski definition) is 1. The van der Waals surface area contributed by atoms with Gasteiger partial charge in [0, 0.05) is 12.1 Å². The van der Waals surface area contributed by atoms with Crippen LogP contribution in [0.15, 0.2) is 24.3 Å². The molecule has 1 aromatic rings. The minimum Gasteiger partial charge on any atom is -0.478 e. The summed E-state index contributed by atoms with van der Waals surface area (Å²) in [6.07, 6.45) is 0. The first-order valence-electron chi connectivity index (χ1n) is 3.09. The molecule has 0 radical (unpaired) electrons. The molecule has 0 bridgehead atoms. The third-order valence-electron chi connectivity index (χ3n) is 1.33. The normalized spacial score (nSPS) is 8.62. The van der Waals surface area contributed by atoms with E-state index in [4.69, 9.17) is 5.11 Å². The van der Waals surface area contributed by atoms with Crippen molar-refractivity contribution in [3.05, 3.63) is 39.9 Å². The number of benzene rings is 1. The van der Waals surface area contributed by atoms with Gasteiger partial charge in [-0.3, -0.25) is 10.1 Å². The SMILES string of the molecule is O.O=C(O)c1ccc([N+](=O)[O-])cc1. The van der Waals surface area contributed by atoms with E-state index in [0.29, 0.717) is 0 Å². The van der Waals surface area contributed by atoms with Crippen LogP contribution < -0.4 is 0 Å².